The van der Waals surface area contributed by atoms with E-state index in [0.717, 1.165) is 28.8 Å². The second-order valence-corrected chi connectivity index (χ2v) is 6.99. The average molecular weight is 365 g/mol. The molecule has 0 aliphatic rings. The van der Waals surface area contributed by atoms with Crippen molar-refractivity contribution in [3.63, 3.8) is 0 Å². The van der Waals surface area contributed by atoms with Gasteiger partial charge in [-0.2, -0.15) is 0 Å². The lowest BCUT2D eigenvalue weighted by molar-refractivity contribution is 0.697. The molecule has 134 valence electrons. The SMILES string of the molecule is CN=C(NCc1csc(-c2ccccc2)n1)NCC(C)c1ccccc1. The van der Waals surface area contributed by atoms with Crippen LogP contribution in [0, 0.1) is 0 Å². The van der Waals surface area contributed by atoms with Gasteiger partial charge in [0.1, 0.15) is 5.01 Å². The molecule has 0 amide bonds. The number of nitrogens with zero attached hydrogens (tertiary/aromatic N) is 2. The van der Waals surface area contributed by atoms with E-state index in [1.165, 1.54) is 5.56 Å². The van der Waals surface area contributed by atoms with Gasteiger partial charge in [0.05, 0.1) is 12.2 Å². The van der Waals surface area contributed by atoms with E-state index < -0.39 is 0 Å². The highest BCUT2D eigenvalue weighted by molar-refractivity contribution is 7.13. The Morgan fingerprint density at radius 1 is 1.04 bits per heavy atom. The van der Waals surface area contributed by atoms with Crippen LogP contribution in [0.15, 0.2) is 71.0 Å². The van der Waals surface area contributed by atoms with Crippen molar-refractivity contribution in [1.82, 2.24) is 15.6 Å². The van der Waals surface area contributed by atoms with E-state index >= 15 is 0 Å². The van der Waals surface area contributed by atoms with Crippen molar-refractivity contribution in [2.24, 2.45) is 4.99 Å². The molecule has 0 fully saturated rings. The molecule has 0 saturated carbocycles. The molecule has 0 aliphatic carbocycles. The Morgan fingerprint density at radius 2 is 1.73 bits per heavy atom. The number of aromatic nitrogens is 1. The normalized spacial score (nSPS) is 12.6. The summed E-state index contributed by atoms with van der Waals surface area (Å²) in [6, 6.07) is 20.8. The first-order chi connectivity index (χ1) is 12.8. The van der Waals surface area contributed by atoms with Crippen molar-refractivity contribution < 1.29 is 0 Å². The second-order valence-electron chi connectivity index (χ2n) is 6.13. The molecule has 0 spiro atoms. The van der Waals surface area contributed by atoms with E-state index in [1.807, 2.05) is 24.3 Å². The van der Waals surface area contributed by atoms with Crippen LogP contribution < -0.4 is 10.6 Å². The molecule has 26 heavy (non-hydrogen) atoms. The summed E-state index contributed by atoms with van der Waals surface area (Å²) >= 11 is 1.67. The van der Waals surface area contributed by atoms with Gasteiger partial charge in [0, 0.05) is 24.5 Å². The zero-order valence-corrected chi connectivity index (χ0v) is 16.0. The number of hydrogen-bond donors (Lipinski definition) is 2. The summed E-state index contributed by atoms with van der Waals surface area (Å²) in [5.74, 6) is 1.21. The Kier molecular flexibility index (Phi) is 6.39. The smallest absolute Gasteiger partial charge is 0.191 e. The highest BCUT2D eigenvalue weighted by Crippen LogP contribution is 2.23. The molecule has 1 aromatic heterocycles. The highest BCUT2D eigenvalue weighted by atomic mass is 32.1. The fourth-order valence-corrected chi connectivity index (χ4v) is 3.47. The second kappa shape index (κ2) is 9.15. The molecule has 2 aromatic carbocycles. The topological polar surface area (TPSA) is 49.3 Å². The molecule has 0 radical (unpaired) electrons. The van der Waals surface area contributed by atoms with Crippen LogP contribution in [-0.4, -0.2) is 24.5 Å². The third-order valence-electron chi connectivity index (χ3n) is 4.18. The molecule has 3 aromatic rings. The zero-order chi connectivity index (χ0) is 18.2. The van der Waals surface area contributed by atoms with E-state index in [1.54, 1.807) is 18.4 Å². The predicted molar refractivity (Wildman–Crippen MR) is 111 cm³/mol. The standard InChI is InChI=1S/C21H24N4S/c1-16(17-9-5-3-6-10-17)13-23-21(22-2)24-14-19-15-26-20(25-19)18-11-7-4-8-12-18/h3-12,15-16H,13-14H2,1-2H3,(H2,22,23,24). The third-order valence-corrected chi connectivity index (χ3v) is 5.12. The Labute approximate surface area is 159 Å². The molecule has 2 N–H and O–H groups in total. The van der Waals surface area contributed by atoms with Gasteiger partial charge in [-0.3, -0.25) is 4.99 Å². The summed E-state index contributed by atoms with van der Waals surface area (Å²) in [5, 5.41) is 9.87. The Hall–Kier alpha value is -2.66. The molecule has 0 saturated heterocycles. The van der Waals surface area contributed by atoms with E-state index in [9.17, 15) is 0 Å². The third kappa shape index (κ3) is 4.92. The van der Waals surface area contributed by atoms with Gasteiger partial charge in [-0.05, 0) is 11.5 Å². The maximum Gasteiger partial charge on any atom is 0.191 e. The molecule has 1 atom stereocenters. The summed E-state index contributed by atoms with van der Waals surface area (Å²) in [6.45, 7) is 3.70. The number of rotatable bonds is 6. The first-order valence-electron chi connectivity index (χ1n) is 8.75. The molecule has 4 nitrogen and oxygen atoms in total. The molecule has 1 unspecified atom stereocenters. The molecule has 0 aliphatic heterocycles. The molecular weight excluding hydrogens is 340 g/mol. The van der Waals surface area contributed by atoms with E-state index in [0.29, 0.717) is 12.5 Å². The number of guanidine groups is 1. The van der Waals surface area contributed by atoms with Gasteiger partial charge in [-0.25, -0.2) is 4.98 Å². The predicted octanol–water partition coefficient (Wildman–Crippen LogP) is 4.28. The number of thiazole rings is 1. The molecule has 0 bridgehead atoms. The number of nitrogens with one attached hydrogen (secondary N) is 2. The van der Waals surface area contributed by atoms with Crippen LogP contribution in [0.5, 0.6) is 0 Å². The van der Waals surface area contributed by atoms with Gasteiger partial charge in [0.25, 0.3) is 0 Å². The molecule has 5 heteroatoms. The van der Waals surface area contributed by atoms with E-state index in [-0.39, 0.29) is 0 Å². The van der Waals surface area contributed by atoms with E-state index in [2.05, 4.69) is 64.3 Å². The lowest BCUT2D eigenvalue weighted by atomic mass is 10.0. The maximum absolute atomic E-state index is 4.70. The van der Waals surface area contributed by atoms with Crippen LogP contribution >= 0.6 is 11.3 Å². The molecule has 1 heterocycles. The van der Waals surface area contributed by atoms with Gasteiger partial charge in [0.2, 0.25) is 0 Å². The van der Waals surface area contributed by atoms with Crippen molar-refractivity contribution in [2.75, 3.05) is 13.6 Å². The molecular formula is C21H24N4S. The molecule has 3 rings (SSSR count). The highest BCUT2D eigenvalue weighted by Gasteiger charge is 2.08. The van der Waals surface area contributed by atoms with Gasteiger partial charge in [-0.1, -0.05) is 67.6 Å². The van der Waals surface area contributed by atoms with Crippen molar-refractivity contribution >= 4 is 17.3 Å². The van der Waals surface area contributed by atoms with Crippen molar-refractivity contribution in [1.29, 1.82) is 0 Å². The maximum atomic E-state index is 4.70. The minimum Gasteiger partial charge on any atom is -0.356 e. The van der Waals surface area contributed by atoms with Crippen LogP contribution in [0.25, 0.3) is 10.6 Å². The monoisotopic (exact) mass is 364 g/mol. The Balaban J connectivity index is 1.51. The fourth-order valence-electron chi connectivity index (χ4n) is 2.65. The van der Waals surface area contributed by atoms with Crippen molar-refractivity contribution in [3.8, 4) is 10.6 Å². The van der Waals surface area contributed by atoms with Crippen LogP contribution in [0.3, 0.4) is 0 Å². The van der Waals surface area contributed by atoms with Gasteiger partial charge in [0.15, 0.2) is 5.96 Å². The van der Waals surface area contributed by atoms with Crippen LogP contribution in [0.1, 0.15) is 24.1 Å². The zero-order valence-electron chi connectivity index (χ0n) is 15.1. The minimum atomic E-state index is 0.415. The summed E-state index contributed by atoms with van der Waals surface area (Å²) < 4.78 is 0. The number of benzene rings is 2. The van der Waals surface area contributed by atoms with Gasteiger partial charge < -0.3 is 10.6 Å². The minimum absolute atomic E-state index is 0.415. The first-order valence-corrected chi connectivity index (χ1v) is 9.63. The lowest BCUT2D eigenvalue weighted by Gasteiger charge is -2.16. The summed E-state index contributed by atoms with van der Waals surface area (Å²) in [6.07, 6.45) is 0. The summed E-state index contributed by atoms with van der Waals surface area (Å²) in [7, 11) is 1.79. The number of hydrogen-bond acceptors (Lipinski definition) is 3. The Morgan fingerprint density at radius 3 is 2.42 bits per heavy atom. The average Bonchev–Trinajstić information content (AvgIpc) is 3.18. The van der Waals surface area contributed by atoms with Gasteiger partial charge in [-0.15, -0.1) is 11.3 Å². The summed E-state index contributed by atoms with van der Waals surface area (Å²) in [4.78, 5) is 9.01. The summed E-state index contributed by atoms with van der Waals surface area (Å²) in [5.41, 5.74) is 3.50. The van der Waals surface area contributed by atoms with Gasteiger partial charge >= 0.3 is 0 Å². The first kappa shape index (κ1) is 18.1. The quantitative estimate of drug-likeness (QED) is 0.507. The van der Waals surface area contributed by atoms with Crippen LogP contribution in [0.4, 0.5) is 0 Å². The van der Waals surface area contributed by atoms with Crippen molar-refractivity contribution in [3.05, 3.63) is 77.3 Å². The van der Waals surface area contributed by atoms with Crippen LogP contribution in [-0.2, 0) is 6.54 Å². The van der Waals surface area contributed by atoms with E-state index in [4.69, 9.17) is 4.98 Å². The lowest BCUT2D eigenvalue weighted by Crippen LogP contribution is -2.38. The Bertz CT molecular complexity index is 827. The fraction of sp³-hybridized carbons (Fsp3) is 0.238. The van der Waals surface area contributed by atoms with Crippen LogP contribution in [0.2, 0.25) is 0 Å². The number of aliphatic imine (C=N–C) groups is 1. The van der Waals surface area contributed by atoms with Crippen molar-refractivity contribution in [2.45, 2.75) is 19.4 Å². The largest absolute Gasteiger partial charge is 0.356 e.